The summed E-state index contributed by atoms with van der Waals surface area (Å²) in [5.74, 6) is 0.674. The first-order chi connectivity index (χ1) is 15.5. The van der Waals surface area contributed by atoms with Crippen LogP contribution in [-0.4, -0.2) is 54.5 Å². The van der Waals surface area contributed by atoms with Crippen molar-refractivity contribution in [3.63, 3.8) is 0 Å². The van der Waals surface area contributed by atoms with Crippen molar-refractivity contribution in [2.75, 3.05) is 26.8 Å². The van der Waals surface area contributed by atoms with Crippen molar-refractivity contribution in [1.82, 2.24) is 15.1 Å². The van der Waals surface area contributed by atoms with Crippen LogP contribution >= 0.6 is 0 Å². The van der Waals surface area contributed by atoms with Crippen LogP contribution < -0.4 is 14.8 Å². The Bertz CT molecular complexity index is 1100. The Hall–Kier alpha value is -3.55. The number of urea groups is 1. The van der Waals surface area contributed by atoms with Gasteiger partial charge in [-0.15, -0.1) is 0 Å². The van der Waals surface area contributed by atoms with E-state index in [2.05, 4.69) is 5.32 Å². The molecule has 166 valence electrons. The summed E-state index contributed by atoms with van der Waals surface area (Å²) in [4.78, 5) is 41.6. The van der Waals surface area contributed by atoms with Gasteiger partial charge in [-0.05, 0) is 48.1 Å². The van der Waals surface area contributed by atoms with Gasteiger partial charge in [0.2, 0.25) is 5.91 Å². The fourth-order valence-electron chi connectivity index (χ4n) is 4.76. The minimum absolute atomic E-state index is 0.296. The van der Waals surface area contributed by atoms with Gasteiger partial charge in [0, 0.05) is 13.6 Å². The molecule has 1 spiro atoms. The predicted octanol–water partition coefficient (Wildman–Crippen LogP) is 2.20. The van der Waals surface area contributed by atoms with Crippen molar-refractivity contribution < 1.29 is 23.9 Å². The summed E-state index contributed by atoms with van der Waals surface area (Å²) in [6.07, 6.45) is 2.21. The van der Waals surface area contributed by atoms with E-state index in [1.54, 1.807) is 7.05 Å². The molecule has 8 nitrogen and oxygen atoms in total. The maximum absolute atomic E-state index is 13.4. The third-order valence-electron chi connectivity index (χ3n) is 6.40. The molecule has 2 aromatic rings. The zero-order chi connectivity index (χ0) is 22.3. The summed E-state index contributed by atoms with van der Waals surface area (Å²) >= 11 is 0. The van der Waals surface area contributed by atoms with E-state index < -0.39 is 11.6 Å². The first-order valence-electron chi connectivity index (χ1n) is 10.8. The number of hydrogen-bond donors (Lipinski definition) is 1. The Morgan fingerprint density at radius 2 is 1.91 bits per heavy atom. The molecule has 1 aliphatic carbocycles. The number of carbonyl (C=O) groups excluding carboxylic acids is 3. The third-order valence-corrected chi connectivity index (χ3v) is 6.40. The SMILES string of the molecule is CN(Cc1ccc2c(c1)OCCO2)C(=O)CN1C(=O)N[C@]2(CCCc3ccccc32)C1=O. The van der Waals surface area contributed by atoms with E-state index in [0.717, 1.165) is 34.4 Å². The molecule has 0 radical (unpaired) electrons. The molecule has 0 unspecified atom stereocenters. The normalized spacial score (nSPS) is 21.3. The lowest BCUT2D eigenvalue weighted by atomic mass is 9.76. The third kappa shape index (κ3) is 3.36. The number of nitrogens with one attached hydrogen (secondary N) is 1. The summed E-state index contributed by atoms with van der Waals surface area (Å²) in [5.41, 5.74) is 1.71. The van der Waals surface area contributed by atoms with Crippen molar-refractivity contribution in [3.8, 4) is 11.5 Å². The smallest absolute Gasteiger partial charge is 0.325 e. The minimum Gasteiger partial charge on any atom is -0.486 e. The van der Waals surface area contributed by atoms with Crippen LogP contribution in [0.3, 0.4) is 0 Å². The van der Waals surface area contributed by atoms with Crippen LogP contribution in [0.5, 0.6) is 11.5 Å². The molecule has 0 aromatic heterocycles. The fourth-order valence-corrected chi connectivity index (χ4v) is 4.76. The number of ether oxygens (including phenoxy) is 2. The lowest BCUT2D eigenvalue weighted by molar-refractivity contribution is -0.139. The molecule has 1 atom stereocenters. The number of benzene rings is 2. The highest BCUT2D eigenvalue weighted by molar-refractivity contribution is 6.09. The molecule has 1 saturated heterocycles. The van der Waals surface area contributed by atoms with E-state index in [0.29, 0.717) is 37.7 Å². The van der Waals surface area contributed by atoms with E-state index >= 15 is 0 Å². The van der Waals surface area contributed by atoms with Gasteiger partial charge in [0.05, 0.1) is 0 Å². The zero-order valence-corrected chi connectivity index (χ0v) is 17.9. The summed E-state index contributed by atoms with van der Waals surface area (Å²) in [5, 5.41) is 2.89. The van der Waals surface area contributed by atoms with E-state index in [1.165, 1.54) is 4.90 Å². The molecule has 0 bridgehead atoms. The molecule has 3 aliphatic rings. The van der Waals surface area contributed by atoms with E-state index in [4.69, 9.17) is 9.47 Å². The average molecular weight is 435 g/mol. The molecule has 2 aliphatic heterocycles. The van der Waals surface area contributed by atoms with Crippen LogP contribution in [0.4, 0.5) is 4.79 Å². The van der Waals surface area contributed by atoms with Crippen molar-refractivity contribution in [2.24, 2.45) is 0 Å². The van der Waals surface area contributed by atoms with Gasteiger partial charge in [-0.3, -0.25) is 14.5 Å². The van der Waals surface area contributed by atoms with E-state index in [1.807, 2.05) is 42.5 Å². The predicted molar refractivity (Wildman–Crippen MR) is 115 cm³/mol. The lowest BCUT2D eigenvalue weighted by Crippen LogP contribution is -2.47. The summed E-state index contributed by atoms with van der Waals surface area (Å²) in [7, 11) is 1.66. The zero-order valence-electron chi connectivity index (χ0n) is 17.9. The van der Waals surface area contributed by atoms with Crippen LogP contribution in [0.1, 0.15) is 29.5 Å². The van der Waals surface area contributed by atoms with Crippen molar-refractivity contribution in [3.05, 3.63) is 59.2 Å². The minimum atomic E-state index is -1.07. The monoisotopic (exact) mass is 435 g/mol. The lowest BCUT2D eigenvalue weighted by Gasteiger charge is -2.33. The highest BCUT2D eigenvalue weighted by Gasteiger charge is 2.54. The van der Waals surface area contributed by atoms with Crippen LogP contribution in [0.25, 0.3) is 0 Å². The van der Waals surface area contributed by atoms with Crippen LogP contribution in [0.2, 0.25) is 0 Å². The van der Waals surface area contributed by atoms with Crippen LogP contribution in [0, 0.1) is 0 Å². The molecule has 5 rings (SSSR count). The average Bonchev–Trinajstić information content (AvgIpc) is 3.04. The Morgan fingerprint density at radius 1 is 1.12 bits per heavy atom. The molecule has 2 heterocycles. The Kier molecular flexibility index (Phi) is 5.00. The number of aryl methyl sites for hydroxylation is 1. The highest BCUT2D eigenvalue weighted by atomic mass is 16.6. The van der Waals surface area contributed by atoms with Gasteiger partial charge >= 0.3 is 6.03 Å². The molecular weight excluding hydrogens is 410 g/mol. The Morgan fingerprint density at radius 3 is 2.75 bits per heavy atom. The number of amides is 4. The first kappa shape index (κ1) is 20.4. The van der Waals surface area contributed by atoms with Gasteiger partial charge in [-0.1, -0.05) is 30.3 Å². The molecule has 32 heavy (non-hydrogen) atoms. The number of nitrogens with zero attached hydrogens (tertiary/aromatic N) is 2. The molecule has 2 aromatic carbocycles. The molecule has 1 N–H and O–H groups in total. The summed E-state index contributed by atoms with van der Waals surface area (Å²) < 4.78 is 11.1. The van der Waals surface area contributed by atoms with Gasteiger partial charge in [0.15, 0.2) is 11.5 Å². The van der Waals surface area contributed by atoms with Crippen molar-refractivity contribution >= 4 is 17.8 Å². The second-order valence-corrected chi connectivity index (χ2v) is 8.47. The second kappa shape index (κ2) is 7.85. The number of hydrogen-bond acceptors (Lipinski definition) is 5. The Labute approximate surface area is 186 Å². The summed E-state index contributed by atoms with van der Waals surface area (Å²) in [6, 6.07) is 12.7. The highest BCUT2D eigenvalue weighted by Crippen LogP contribution is 2.40. The number of likely N-dealkylation sites (N-methyl/N-ethyl adjacent to an activating group) is 1. The number of rotatable bonds is 4. The Balaban J connectivity index is 1.30. The van der Waals surface area contributed by atoms with Gasteiger partial charge in [-0.2, -0.15) is 0 Å². The quantitative estimate of drug-likeness (QED) is 0.744. The first-order valence-corrected chi connectivity index (χ1v) is 10.8. The number of fused-ring (bicyclic) bond motifs is 3. The number of carbonyl (C=O) groups is 3. The fraction of sp³-hybridized carbons (Fsp3) is 0.375. The number of imide groups is 1. The molecule has 1 fully saturated rings. The molecule has 0 saturated carbocycles. The summed E-state index contributed by atoms with van der Waals surface area (Å²) in [6.45, 7) is 1.04. The van der Waals surface area contributed by atoms with Gasteiger partial charge < -0.3 is 19.7 Å². The van der Waals surface area contributed by atoms with E-state index in [-0.39, 0.29) is 18.4 Å². The van der Waals surface area contributed by atoms with Crippen LogP contribution in [0.15, 0.2) is 42.5 Å². The molecule has 4 amide bonds. The second-order valence-electron chi connectivity index (χ2n) is 8.47. The van der Waals surface area contributed by atoms with Crippen molar-refractivity contribution in [2.45, 2.75) is 31.3 Å². The molecule has 8 heteroatoms. The largest absolute Gasteiger partial charge is 0.486 e. The van der Waals surface area contributed by atoms with Crippen LogP contribution in [-0.2, 0) is 28.1 Å². The van der Waals surface area contributed by atoms with Gasteiger partial charge in [0.1, 0.15) is 25.3 Å². The van der Waals surface area contributed by atoms with Crippen molar-refractivity contribution in [1.29, 1.82) is 0 Å². The molecular formula is C24H25N3O5. The van der Waals surface area contributed by atoms with Gasteiger partial charge in [-0.25, -0.2) is 4.79 Å². The topological polar surface area (TPSA) is 88.2 Å². The standard InChI is InChI=1S/C24H25N3O5/c1-26(14-16-8-9-19-20(13-16)32-12-11-31-19)21(28)15-27-22(29)24(25-23(27)30)10-4-6-17-5-2-3-7-18(17)24/h2-3,5,7-9,13H,4,6,10-12,14-15H2,1H3,(H,25,30)/t24-/m0/s1. The van der Waals surface area contributed by atoms with Gasteiger partial charge in [0.25, 0.3) is 5.91 Å². The van der Waals surface area contributed by atoms with E-state index in [9.17, 15) is 14.4 Å². The maximum atomic E-state index is 13.4. The maximum Gasteiger partial charge on any atom is 0.325 e.